The number of benzene rings is 1. The van der Waals surface area contributed by atoms with Crippen LogP contribution < -0.4 is 5.56 Å². The fraction of sp³-hybridized carbons (Fsp3) is 0.214. The monoisotopic (exact) mass is 286 g/mol. The van der Waals surface area contributed by atoms with Gasteiger partial charge in [0.25, 0.3) is 5.56 Å². The number of fused-ring (bicyclic) bond motifs is 1. The largest absolute Gasteiger partial charge is 0.481 e. The van der Waals surface area contributed by atoms with Gasteiger partial charge in [-0.25, -0.2) is 4.98 Å². The summed E-state index contributed by atoms with van der Waals surface area (Å²) in [5.41, 5.74) is 3.02. The lowest BCUT2D eigenvalue weighted by atomic mass is 10.2. The summed E-state index contributed by atoms with van der Waals surface area (Å²) in [4.78, 5) is 30.5. The van der Waals surface area contributed by atoms with E-state index in [2.05, 4.69) is 15.1 Å². The molecule has 0 aliphatic heterocycles. The van der Waals surface area contributed by atoms with Gasteiger partial charge < -0.3 is 10.1 Å². The van der Waals surface area contributed by atoms with E-state index in [0.29, 0.717) is 11.6 Å². The molecular weight excluding hydrogens is 272 g/mol. The zero-order valence-electron chi connectivity index (χ0n) is 11.6. The van der Waals surface area contributed by atoms with E-state index < -0.39 is 11.5 Å². The van der Waals surface area contributed by atoms with Gasteiger partial charge in [-0.1, -0.05) is 6.07 Å². The lowest BCUT2D eigenvalue weighted by Gasteiger charge is -1.93. The highest BCUT2D eigenvalue weighted by Gasteiger charge is 2.17. The van der Waals surface area contributed by atoms with Gasteiger partial charge in [-0.05, 0) is 31.5 Å². The molecule has 0 radical (unpaired) electrons. The number of carboxylic acid groups (broad SMARTS) is 1. The van der Waals surface area contributed by atoms with E-state index in [4.69, 9.17) is 5.11 Å². The third-order valence-corrected chi connectivity index (χ3v) is 3.36. The summed E-state index contributed by atoms with van der Waals surface area (Å²) in [6.45, 7) is 3.64. The van der Waals surface area contributed by atoms with Crippen LogP contribution in [0.5, 0.6) is 0 Å². The van der Waals surface area contributed by atoms with Crippen LogP contribution in [0.1, 0.15) is 16.8 Å². The number of aromatic amines is 2. The van der Waals surface area contributed by atoms with Crippen molar-refractivity contribution in [2.24, 2.45) is 0 Å². The zero-order valence-corrected chi connectivity index (χ0v) is 11.6. The summed E-state index contributed by atoms with van der Waals surface area (Å²) < 4.78 is 1.24. The summed E-state index contributed by atoms with van der Waals surface area (Å²) in [6.07, 6.45) is -0.312. The van der Waals surface area contributed by atoms with Crippen LogP contribution in [-0.2, 0) is 11.2 Å². The van der Waals surface area contributed by atoms with Crippen molar-refractivity contribution in [3.63, 3.8) is 0 Å². The van der Waals surface area contributed by atoms with Crippen molar-refractivity contribution in [1.29, 1.82) is 0 Å². The second-order valence-electron chi connectivity index (χ2n) is 5.01. The summed E-state index contributed by atoms with van der Waals surface area (Å²) in [5.74, 6) is -0.693. The standard InChI is InChI=1S/C14H14N4O3/c1-7-3-4-10-11(5-7)16-14(15-10)18-13(21)9(6-12(19)20)8(2)17-18/h3-5,17H,6H2,1-2H3,(H,15,16)(H,19,20). The molecule has 108 valence electrons. The number of H-pyrrole nitrogens is 2. The highest BCUT2D eigenvalue weighted by Crippen LogP contribution is 2.15. The van der Waals surface area contributed by atoms with Crippen LogP contribution in [-0.4, -0.2) is 30.8 Å². The Bertz CT molecular complexity index is 901. The van der Waals surface area contributed by atoms with E-state index in [1.165, 1.54) is 4.68 Å². The Morgan fingerprint density at radius 3 is 2.86 bits per heavy atom. The van der Waals surface area contributed by atoms with E-state index >= 15 is 0 Å². The number of rotatable bonds is 3. The molecule has 0 aliphatic rings. The summed E-state index contributed by atoms with van der Waals surface area (Å²) >= 11 is 0. The number of imidazole rings is 1. The fourth-order valence-corrected chi connectivity index (χ4v) is 2.31. The smallest absolute Gasteiger partial charge is 0.308 e. The van der Waals surface area contributed by atoms with Crippen molar-refractivity contribution < 1.29 is 9.90 Å². The molecule has 0 unspecified atom stereocenters. The lowest BCUT2D eigenvalue weighted by Crippen LogP contribution is -2.20. The first-order valence-corrected chi connectivity index (χ1v) is 6.45. The second-order valence-corrected chi connectivity index (χ2v) is 5.01. The molecule has 3 rings (SSSR count). The van der Waals surface area contributed by atoms with Gasteiger partial charge in [0.1, 0.15) is 0 Å². The molecule has 0 bridgehead atoms. The molecule has 2 aromatic heterocycles. The van der Waals surface area contributed by atoms with Gasteiger partial charge in [-0.15, -0.1) is 0 Å². The van der Waals surface area contributed by atoms with E-state index in [1.807, 2.05) is 25.1 Å². The maximum absolute atomic E-state index is 12.3. The number of hydrogen-bond donors (Lipinski definition) is 3. The topological polar surface area (TPSA) is 104 Å². The number of nitrogens with zero attached hydrogens (tertiary/aromatic N) is 2. The third kappa shape index (κ3) is 2.22. The first kappa shape index (κ1) is 13.2. The molecule has 21 heavy (non-hydrogen) atoms. The zero-order chi connectivity index (χ0) is 15.1. The van der Waals surface area contributed by atoms with Gasteiger partial charge in [-0.3, -0.25) is 14.7 Å². The Labute approximate surface area is 119 Å². The molecule has 0 aliphatic carbocycles. The number of aliphatic carboxylic acids is 1. The Balaban J connectivity index is 2.14. The van der Waals surface area contributed by atoms with Crippen LogP contribution in [0.25, 0.3) is 17.0 Å². The molecule has 7 heteroatoms. The van der Waals surface area contributed by atoms with Crippen molar-refractivity contribution in [1.82, 2.24) is 19.7 Å². The summed E-state index contributed by atoms with van der Waals surface area (Å²) in [5, 5.41) is 11.7. The first-order valence-electron chi connectivity index (χ1n) is 6.45. The molecule has 3 aromatic rings. The highest BCUT2D eigenvalue weighted by molar-refractivity contribution is 5.77. The number of aromatic nitrogens is 4. The number of hydrogen-bond acceptors (Lipinski definition) is 3. The Morgan fingerprint density at radius 2 is 2.14 bits per heavy atom. The Morgan fingerprint density at radius 1 is 1.38 bits per heavy atom. The first-order chi connectivity index (χ1) is 9.95. The molecule has 2 heterocycles. The number of aryl methyl sites for hydroxylation is 2. The SMILES string of the molecule is Cc1ccc2nc(-n3[nH]c(C)c(CC(=O)O)c3=O)[nH]c2c1. The molecule has 1 aromatic carbocycles. The van der Waals surface area contributed by atoms with E-state index in [9.17, 15) is 9.59 Å². The average molecular weight is 286 g/mol. The van der Waals surface area contributed by atoms with Gasteiger partial charge >= 0.3 is 5.97 Å². The molecule has 0 saturated carbocycles. The summed E-state index contributed by atoms with van der Waals surface area (Å²) in [7, 11) is 0. The number of carbonyl (C=O) groups is 1. The lowest BCUT2D eigenvalue weighted by molar-refractivity contribution is -0.136. The van der Waals surface area contributed by atoms with Crippen LogP contribution in [0.4, 0.5) is 0 Å². The van der Waals surface area contributed by atoms with Crippen molar-refractivity contribution in [3.8, 4) is 5.95 Å². The van der Waals surface area contributed by atoms with E-state index in [-0.39, 0.29) is 12.0 Å². The molecular formula is C14H14N4O3. The molecule has 0 spiro atoms. The van der Waals surface area contributed by atoms with Crippen molar-refractivity contribution >= 4 is 17.0 Å². The minimum atomic E-state index is -1.04. The normalized spacial score (nSPS) is 11.1. The maximum atomic E-state index is 12.3. The molecule has 0 saturated heterocycles. The van der Waals surface area contributed by atoms with Crippen LogP contribution in [0, 0.1) is 13.8 Å². The van der Waals surface area contributed by atoms with Gasteiger partial charge in [0, 0.05) is 5.69 Å². The third-order valence-electron chi connectivity index (χ3n) is 3.36. The number of nitrogens with one attached hydrogen (secondary N) is 2. The van der Waals surface area contributed by atoms with Gasteiger partial charge in [0.2, 0.25) is 5.95 Å². The minimum Gasteiger partial charge on any atom is -0.481 e. The maximum Gasteiger partial charge on any atom is 0.308 e. The average Bonchev–Trinajstić information content (AvgIpc) is 2.93. The fourth-order valence-electron chi connectivity index (χ4n) is 2.31. The molecule has 0 fully saturated rings. The van der Waals surface area contributed by atoms with Crippen LogP contribution in [0.3, 0.4) is 0 Å². The molecule has 3 N–H and O–H groups in total. The van der Waals surface area contributed by atoms with Gasteiger partial charge in [0.05, 0.1) is 23.0 Å². The second kappa shape index (κ2) is 4.62. The van der Waals surface area contributed by atoms with Gasteiger partial charge in [-0.2, -0.15) is 4.68 Å². The van der Waals surface area contributed by atoms with Crippen molar-refractivity contribution in [2.75, 3.05) is 0 Å². The Hall–Kier alpha value is -2.83. The van der Waals surface area contributed by atoms with Crippen molar-refractivity contribution in [2.45, 2.75) is 20.3 Å². The van der Waals surface area contributed by atoms with Crippen molar-refractivity contribution in [3.05, 3.63) is 45.4 Å². The molecule has 0 atom stereocenters. The minimum absolute atomic E-state index is 0.235. The van der Waals surface area contributed by atoms with Crippen LogP contribution in [0.15, 0.2) is 23.0 Å². The van der Waals surface area contributed by atoms with E-state index in [0.717, 1.165) is 16.6 Å². The Kier molecular flexibility index (Phi) is 2.90. The predicted octanol–water partition coefficient (Wildman–Crippen LogP) is 1.29. The van der Waals surface area contributed by atoms with Crippen LogP contribution >= 0.6 is 0 Å². The van der Waals surface area contributed by atoms with Crippen LogP contribution in [0.2, 0.25) is 0 Å². The van der Waals surface area contributed by atoms with Gasteiger partial charge in [0.15, 0.2) is 0 Å². The predicted molar refractivity (Wildman–Crippen MR) is 76.9 cm³/mol. The quantitative estimate of drug-likeness (QED) is 0.674. The molecule has 7 nitrogen and oxygen atoms in total. The van der Waals surface area contributed by atoms with E-state index in [1.54, 1.807) is 6.92 Å². The summed E-state index contributed by atoms with van der Waals surface area (Å²) in [6, 6.07) is 5.74. The number of carboxylic acids is 1. The highest BCUT2D eigenvalue weighted by atomic mass is 16.4. The molecule has 0 amide bonds.